The van der Waals surface area contributed by atoms with Gasteiger partial charge in [-0.1, -0.05) is 18.6 Å². The summed E-state index contributed by atoms with van der Waals surface area (Å²) in [6.45, 7) is 1.03. The molecule has 92 valence electrons. The fraction of sp³-hybridized carbons (Fsp3) is 0.571. The highest BCUT2D eigenvalue weighted by Gasteiger charge is 2.26. The fourth-order valence-corrected chi connectivity index (χ4v) is 2.73. The Morgan fingerprint density at radius 2 is 2.18 bits per heavy atom. The summed E-state index contributed by atoms with van der Waals surface area (Å²) in [5.74, 6) is 0.961. The van der Waals surface area contributed by atoms with Crippen LogP contribution >= 0.6 is 0 Å². The van der Waals surface area contributed by atoms with E-state index in [0.717, 1.165) is 24.8 Å². The van der Waals surface area contributed by atoms with E-state index in [4.69, 9.17) is 4.74 Å². The number of para-hydroxylation sites is 1. The standard InChI is InChI=1S/C14H20N2O/c1-17-13-7-3-6-11-12(8-9-15-14(11)13)16-10-4-2-5-10/h3,6-7,10,12,15-16H,2,4-5,8-9H2,1H3. The Morgan fingerprint density at radius 1 is 1.29 bits per heavy atom. The van der Waals surface area contributed by atoms with Gasteiger partial charge in [0.1, 0.15) is 5.75 Å². The van der Waals surface area contributed by atoms with Gasteiger partial charge in [0.15, 0.2) is 0 Å². The number of nitrogens with one attached hydrogen (secondary N) is 2. The fourth-order valence-electron chi connectivity index (χ4n) is 2.73. The van der Waals surface area contributed by atoms with Crippen LogP contribution in [0.5, 0.6) is 5.75 Å². The molecule has 0 radical (unpaired) electrons. The first-order valence-corrected chi connectivity index (χ1v) is 6.55. The normalized spacial score (nSPS) is 23.5. The molecule has 0 bridgehead atoms. The molecular formula is C14H20N2O. The molecule has 1 saturated carbocycles. The number of hydrogen-bond acceptors (Lipinski definition) is 3. The summed E-state index contributed by atoms with van der Waals surface area (Å²) >= 11 is 0. The Balaban J connectivity index is 1.85. The molecule has 0 amide bonds. The van der Waals surface area contributed by atoms with E-state index in [1.54, 1.807) is 7.11 Å². The van der Waals surface area contributed by atoms with E-state index in [-0.39, 0.29) is 0 Å². The van der Waals surface area contributed by atoms with Gasteiger partial charge in [-0.15, -0.1) is 0 Å². The molecule has 1 fully saturated rings. The van der Waals surface area contributed by atoms with Crippen LogP contribution in [0.1, 0.15) is 37.3 Å². The third-order valence-electron chi connectivity index (χ3n) is 3.93. The molecule has 0 spiro atoms. The number of fused-ring (bicyclic) bond motifs is 1. The largest absolute Gasteiger partial charge is 0.495 e. The summed E-state index contributed by atoms with van der Waals surface area (Å²) in [7, 11) is 1.74. The number of rotatable bonds is 3. The second-order valence-electron chi connectivity index (χ2n) is 4.99. The lowest BCUT2D eigenvalue weighted by molar-refractivity contribution is 0.298. The predicted molar refractivity (Wildman–Crippen MR) is 69.6 cm³/mol. The van der Waals surface area contributed by atoms with E-state index in [9.17, 15) is 0 Å². The molecular weight excluding hydrogens is 212 g/mol. The van der Waals surface area contributed by atoms with Crippen LogP contribution in [-0.2, 0) is 0 Å². The van der Waals surface area contributed by atoms with Crippen LogP contribution in [0.3, 0.4) is 0 Å². The molecule has 2 aliphatic rings. The molecule has 17 heavy (non-hydrogen) atoms. The van der Waals surface area contributed by atoms with Gasteiger partial charge in [0.25, 0.3) is 0 Å². The molecule has 3 rings (SSSR count). The maximum atomic E-state index is 5.42. The lowest BCUT2D eigenvalue weighted by atomic mass is 9.89. The van der Waals surface area contributed by atoms with Crippen LogP contribution in [0.15, 0.2) is 18.2 Å². The summed E-state index contributed by atoms with van der Waals surface area (Å²) in [6, 6.07) is 7.54. The van der Waals surface area contributed by atoms with Crippen LogP contribution in [0.4, 0.5) is 5.69 Å². The Bertz CT molecular complexity index is 401. The lowest BCUT2D eigenvalue weighted by Gasteiger charge is -2.35. The minimum absolute atomic E-state index is 0.492. The van der Waals surface area contributed by atoms with Gasteiger partial charge in [0, 0.05) is 18.6 Å². The van der Waals surface area contributed by atoms with Crippen LogP contribution < -0.4 is 15.4 Å². The molecule has 0 saturated heterocycles. The molecule has 1 aliphatic heterocycles. The van der Waals surface area contributed by atoms with Crippen molar-refractivity contribution in [3.63, 3.8) is 0 Å². The molecule has 3 nitrogen and oxygen atoms in total. The van der Waals surface area contributed by atoms with Gasteiger partial charge in [-0.2, -0.15) is 0 Å². The van der Waals surface area contributed by atoms with E-state index >= 15 is 0 Å². The number of ether oxygens (including phenoxy) is 1. The molecule has 1 aromatic rings. The van der Waals surface area contributed by atoms with E-state index in [1.807, 2.05) is 6.07 Å². The monoisotopic (exact) mass is 232 g/mol. The highest BCUT2D eigenvalue weighted by molar-refractivity contribution is 5.64. The minimum atomic E-state index is 0.492. The molecule has 1 aromatic carbocycles. The van der Waals surface area contributed by atoms with Gasteiger partial charge < -0.3 is 15.4 Å². The summed E-state index contributed by atoms with van der Waals surface area (Å²) in [5, 5.41) is 7.22. The van der Waals surface area contributed by atoms with Crippen LogP contribution in [0, 0.1) is 0 Å². The molecule has 1 unspecified atom stereocenters. The van der Waals surface area contributed by atoms with E-state index in [0.29, 0.717) is 6.04 Å². The van der Waals surface area contributed by atoms with Crippen LogP contribution in [-0.4, -0.2) is 19.7 Å². The maximum absolute atomic E-state index is 5.42. The van der Waals surface area contributed by atoms with Crippen molar-refractivity contribution >= 4 is 5.69 Å². The summed E-state index contributed by atoms with van der Waals surface area (Å²) in [4.78, 5) is 0. The summed E-state index contributed by atoms with van der Waals surface area (Å²) in [5.41, 5.74) is 2.54. The zero-order valence-electron chi connectivity index (χ0n) is 10.3. The third kappa shape index (κ3) is 2.00. The lowest BCUT2D eigenvalue weighted by Crippen LogP contribution is -2.40. The maximum Gasteiger partial charge on any atom is 0.142 e. The first kappa shape index (κ1) is 10.9. The number of anilines is 1. The Hall–Kier alpha value is -1.22. The van der Waals surface area contributed by atoms with Gasteiger partial charge in [0.2, 0.25) is 0 Å². The highest BCUT2D eigenvalue weighted by Crippen LogP contribution is 2.37. The van der Waals surface area contributed by atoms with E-state index < -0.39 is 0 Å². The van der Waals surface area contributed by atoms with E-state index in [1.165, 1.54) is 30.5 Å². The highest BCUT2D eigenvalue weighted by atomic mass is 16.5. The Kier molecular flexibility index (Phi) is 2.93. The van der Waals surface area contributed by atoms with Crippen molar-refractivity contribution in [1.29, 1.82) is 0 Å². The SMILES string of the molecule is COc1cccc2c1NCCC2NC1CCC1. The van der Waals surface area contributed by atoms with Gasteiger partial charge in [-0.25, -0.2) is 0 Å². The molecule has 1 aliphatic carbocycles. The van der Waals surface area contributed by atoms with Crippen molar-refractivity contribution in [1.82, 2.24) is 5.32 Å². The Labute approximate surface area is 103 Å². The average Bonchev–Trinajstić information content (AvgIpc) is 2.33. The molecule has 3 heteroatoms. The van der Waals surface area contributed by atoms with Crippen molar-refractivity contribution < 1.29 is 4.74 Å². The van der Waals surface area contributed by atoms with Crippen molar-refractivity contribution in [2.45, 2.75) is 37.8 Å². The third-order valence-corrected chi connectivity index (χ3v) is 3.93. The van der Waals surface area contributed by atoms with Crippen LogP contribution in [0.2, 0.25) is 0 Å². The van der Waals surface area contributed by atoms with Gasteiger partial charge in [-0.3, -0.25) is 0 Å². The summed E-state index contributed by atoms with van der Waals surface area (Å²) < 4.78 is 5.42. The van der Waals surface area contributed by atoms with E-state index in [2.05, 4.69) is 22.8 Å². The molecule has 1 heterocycles. The smallest absolute Gasteiger partial charge is 0.142 e. The number of benzene rings is 1. The predicted octanol–water partition coefficient (Wildman–Crippen LogP) is 2.69. The van der Waals surface area contributed by atoms with Crippen molar-refractivity contribution in [2.75, 3.05) is 19.0 Å². The first-order chi connectivity index (χ1) is 8.38. The zero-order chi connectivity index (χ0) is 11.7. The van der Waals surface area contributed by atoms with Crippen molar-refractivity contribution in [2.24, 2.45) is 0 Å². The zero-order valence-corrected chi connectivity index (χ0v) is 10.3. The molecule has 1 atom stereocenters. The van der Waals surface area contributed by atoms with Gasteiger partial charge in [-0.05, 0) is 30.9 Å². The minimum Gasteiger partial charge on any atom is -0.495 e. The molecule has 0 aromatic heterocycles. The average molecular weight is 232 g/mol. The quantitative estimate of drug-likeness (QED) is 0.840. The second kappa shape index (κ2) is 4.57. The molecule has 2 N–H and O–H groups in total. The summed E-state index contributed by atoms with van der Waals surface area (Å²) in [6.07, 6.45) is 5.22. The van der Waals surface area contributed by atoms with Crippen LogP contribution in [0.25, 0.3) is 0 Å². The second-order valence-corrected chi connectivity index (χ2v) is 4.99. The van der Waals surface area contributed by atoms with Gasteiger partial charge in [0.05, 0.1) is 12.8 Å². The van der Waals surface area contributed by atoms with Crippen molar-refractivity contribution in [3.05, 3.63) is 23.8 Å². The number of hydrogen-bond donors (Lipinski definition) is 2. The van der Waals surface area contributed by atoms with Crippen molar-refractivity contribution in [3.8, 4) is 5.75 Å². The first-order valence-electron chi connectivity index (χ1n) is 6.55. The van der Waals surface area contributed by atoms with Gasteiger partial charge >= 0.3 is 0 Å². The number of methoxy groups -OCH3 is 1. The topological polar surface area (TPSA) is 33.3 Å². The Morgan fingerprint density at radius 3 is 2.88 bits per heavy atom.